The molecule has 0 spiro atoms. The highest BCUT2D eigenvalue weighted by Gasteiger charge is 2.44. The zero-order valence-corrected chi connectivity index (χ0v) is 96.3. The van der Waals surface area contributed by atoms with Crippen molar-refractivity contribution in [3.8, 4) is 35.5 Å². The van der Waals surface area contributed by atoms with E-state index in [2.05, 4.69) is 70.6 Å². The molecule has 3 aromatic carbocycles. The number of benzene rings is 3. The van der Waals surface area contributed by atoms with Crippen LogP contribution in [0.15, 0.2) is 109 Å². The standard InChI is InChI=1S/C27H40N2O4S.C26H38N2O4S.C19H28N2O3S.C15H22N2O3.C14H20N2O4.C12H15NO5/c1-17(2)22(25(31)28(7)8)29(24(30)19-12-10-18(3)11-13-19)21-16-20(14-15-27(4,5)6)34-23(21)26(32)33-9;1-16(2)21(24(30)27(7)8)28(23(29)18-11-9-17(3)10-12-18)20-15-19(13-14-26(4,5)6)33-22(20)25(31)32;1-12(2)15(17(22)21(6)7)20-14-11-13(9-10-19(3,4)5)25-16(14)18(23)24-8;1-11(2)13(14(18)17(3)4)16-15(19)20-10-12-8-6-5-7-9-12;1-10(17)12(13(18)16(2)3)15-14(19)20-9-11-7-5-4-6-8-11;1-8(14)10(11(15)16)13-12(17)18-7-9-5-3-2-4-6-9/h16-19,22H,10-13H2,1-9H3;15-18,21H,9-12H2,1-8H3,(H,31,32);11-12,15,20H,1-8H3;5-9,11,13H,10H2,1-4H3,(H,16,19);4-8,10,12,17H,9H2,1-3H3,(H,15,19);2-6,8,10,14H,7H2,1H3,(H,13,17)(H,15,16)/t18?,19?,22-;17?,18?,21-;15-;13-;10-,12-;8-,10-/m111111/s1. The van der Waals surface area contributed by atoms with Gasteiger partial charge in [-0.25, -0.2) is 33.6 Å². The fraction of sp³-hybridized carbons (Fsp3) is 0.558. The average Bonchev–Trinajstić information content (AvgIpc) is 1.61. The van der Waals surface area contributed by atoms with E-state index in [1.165, 1.54) is 75.2 Å². The molecule has 10 amide bonds. The number of thiophene rings is 3. The van der Waals surface area contributed by atoms with Crippen LogP contribution in [0.1, 0.15) is 257 Å². The van der Waals surface area contributed by atoms with Crippen LogP contribution in [-0.4, -0.2) is 262 Å². The molecule has 826 valence electrons. The molecule has 2 fully saturated rings. The van der Waals surface area contributed by atoms with Gasteiger partial charge in [0.05, 0.1) is 58.1 Å². The van der Waals surface area contributed by atoms with Gasteiger partial charge in [-0.2, -0.15) is 0 Å². The molecule has 3 aromatic heterocycles. The number of nitrogens with zero attached hydrogens (tertiary/aromatic N) is 7. The Balaban J connectivity index is 0.000000470. The molecule has 150 heavy (non-hydrogen) atoms. The summed E-state index contributed by atoms with van der Waals surface area (Å²) in [4.78, 5) is 186. The van der Waals surface area contributed by atoms with Gasteiger partial charge in [-0.3, -0.25) is 43.4 Å². The van der Waals surface area contributed by atoms with Crippen molar-refractivity contribution >= 4 is 135 Å². The summed E-state index contributed by atoms with van der Waals surface area (Å²) < 4.78 is 24.9. The van der Waals surface area contributed by atoms with E-state index in [0.29, 0.717) is 42.7 Å². The van der Waals surface area contributed by atoms with Gasteiger partial charge in [0, 0.05) is 98.6 Å². The third-order valence-corrected chi connectivity index (χ3v) is 26.2. The first kappa shape index (κ1) is 131. The minimum atomic E-state index is -1.38. The summed E-state index contributed by atoms with van der Waals surface area (Å²) in [5, 5.41) is 47.7. The average molecular weight is 2140 g/mol. The number of carbonyl (C=O) groups is 14. The van der Waals surface area contributed by atoms with Gasteiger partial charge in [-0.1, -0.05) is 196 Å². The zero-order chi connectivity index (χ0) is 114. The predicted octanol–water partition coefficient (Wildman–Crippen LogP) is 17.3. The third kappa shape index (κ3) is 45.1. The minimum Gasteiger partial charge on any atom is -0.480 e. The molecule has 8 N–H and O–H groups in total. The Hall–Kier alpha value is -12.9. The van der Waals surface area contributed by atoms with Crippen molar-refractivity contribution in [2.75, 3.05) is 99.8 Å². The first-order chi connectivity index (χ1) is 69.8. The van der Waals surface area contributed by atoms with E-state index in [1.54, 1.807) is 117 Å². The first-order valence-electron chi connectivity index (χ1n) is 50.2. The van der Waals surface area contributed by atoms with E-state index in [9.17, 15) is 77.3 Å². The molecule has 6 aromatic rings. The maximum atomic E-state index is 14.0. The molecule has 0 saturated heterocycles. The molecule has 37 heteroatoms. The molecule has 0 unspecified atom stereocenters. The number of carboxylic acids is 2. The van der Waals surface area contributed by atoms with Crippen molar-refractivity contribution in [2.45, 2.75) is 265 Å². The number of aliphatic hydroxyl groups is 2. The van der Waals surface area contributed by atoms with Gasteiger partial charge in [-0.05, 0) is 198 Å². The van der Waals surface area contributed by atoms with Crippen LogP contribution in [-0.2, 0) is 81.9 Å². The van der Waals surface area contributed by atoms with E-state index in [-0.39, 0.29) is 118 Å². The number of carbonyl (C=O) groups excluding carboxylic acids is 12. The number of aliphatic carboxylic acids is 1. The Kier molecular flexibility index (Phi) is 54.9. The molecule has 0 bridgehead atoms. The first-order valence-corrected chi connectivity index (χ1v) is 52.6. The van der Waals surface area contributed by atoms with Crippen LogP contribution in [0, 0.1) is 99.1 Å². The molecule has 0 radical (unpaired) electrons. The van der Waals surface area contributed by atoms with Crippen molar-refractivity contribution in [2.24, 2.45) is 63.6 Å². The Labute approximate surface area is 899 Å². The molecule has 34 nitrogen and oxygen atoms in total. The SMILES string of the molecule is CC(C)[C@@H](NC(=O)OCc1ccccc1)C(=O)N(C)C.CC1CCC(C(=O)N(c2cc(C#CC(C)(C)C)sc2C(=O)O)[C@@H](C(=O)N(C)C)C(C)C)CC1.COC(=O)c1sc(C#CC(C)(C)C)cc1N(C(=O)C1CCC(C)CC1)[C@@H](C(=O)N(C)C)C(C)C.COC(=O)c1sc(C#CC(C)(C)C)cc1N[C@@H](C(=O)N(C)C)C(C)C.C[C@@H](O)[C@@H](NC(=O)OCc1ccccc1)C(=O)N(C)C.C[C@@H](O)[C@@H](NC(=O)OCc1ccccc1)C(=O)O. The smallest absolute Gasteiger partial charge is 0.408 e. The maximum Gasteiger partial charge on any atom is 0.408 e. The van der Waals surface area contributed by atoms with E-state index in [0.717, 1.165) is 84.3 Å². The zero-order valence-electron chi connectivity index (χ0n) is 93.8. The predicted molar refractivity (Wildman–Crippen MR) is 588 cm³/mol. The third-order valence-electron chi connectivity index (χ3n) is 23.2. The number of ether oxygens (including phenoxy) is 5. The quantitative estimate of drug-likeness (QED) is 0.0110. The van der Waals surface area contributed by atoms with Gasteiger partial charge >= 0.3 is 42.2 Å². The molecule has 8 rings (SSSR count). The highest BCUT2D eigenvalue weighted by Crippen LogP contribution is 2.41. The van der Waals surface area contributed by atoms with Crippen LogP contribution in [0.2, 0.25) is 0 Å². The number of anilines is 3. The van der Waals surface area contributed by atoms with Gasteiger partial charge in [0.15, 0.2) is 6.04 Å². The number of hydrogen-bond donors (Lipinski definition) is 8. The van der Waals surface area contributed by atoms with E-state index >= 15 is 0 Å². The Morgan fingerprint density at radius 1 is 0.373 bits per heavy atom. The summed E-state index contributed by atoms with van der Waals surface area (Å²) in [5.41, 5.74) is 3.23. The second-order valence-electron chi connectivity index (χ2n) is 42.6. The van der Waals surface area contributed by atoms with Crippen molar-refractivity contribution in [1.82, 2.24) is 40.4 Å². The van der Waals surface area contributed by atoms with Crippen LogP contribution in [0.5, 0.6) is 0 Å². The summed E-state index contributed by atoms with van der Waals surface area (Å²) in [5.74, 6) is 14.7. The number of likely N-dealkylation sites (N-methyl/N-ethyl adjacent to an activating group) is 5. The molecular formula is C113H163N11O23S3. The van der Waals surface area contributed by atoms with Crippen LogP contribution in [0.4, 0.5) is 31.4 Å². The topological polar surface area (TPSA) is 437 Å². The molecule has 3 heterocycles. The number of nitrogens with one attached hydrogen (secondary N) is 4. The number of amides is 10. The van der Waals surface area contributed by atoms with Crippen molar-refractivity contribution in [1.29, 1.82) is 0 Å². The maximum absolute atomic E-state index is 14.0. The number of aromatic carboxylic acids is 1. The lowest BCUT2D eigenvalue weighted by molar-refractivity contribution is -0.142. The Morgan fingerprint density at radius 2 is 0.653 bits per heavy atom. The molecule has 2 aliphatic rings. The lowest BCUT2D eigenvalue weighted by atomic mass is 9.81. The van der Waals surface area contributed by atoms with Gasteiger partial charge in [0.2, 0.25) is 41.4 Å². The van der Waals surface area contributed by atoms with Gasteiger partial charge in [0.1, 0.15) is 64.7 Å². The lowest BCUT2D eigenvalue weighted by Gasteiger charge is -2.38. The van der Waals surface area contributed by atoms with Gasteiger partial charge < -0.3 is 89.9 Å². The minimum absolute atomic E-state index is 0.00539. The van der Waals surface area contributed by atoms with Crippen molar-refractivity contribution in [3.63, 3.8) is 0 Å². The number of esters is 2. The summed E-state index contributed by atoms with van der Waals surface area (Å²) in [7, 11) is 19.2. The van der Waals surface area contributed by atoms with Crippen molar-refractivity contribution in [3.05, 3.63) is 155 Å². The second-order valence-corrected chi connectivity index (χ2v) is 45.8. The van der Waals surface area contributed by atoms with E-state index < -0.39 is 96.5 Å². The van der Waals surface area contributed by atoms with Gasteiger partial charge in [-0.15, -0.1) is 34.0 Å². The highest BCUT2D eigenvalue weighted by atomic mass is 32.1. The van der Waals surface area contributed by atoms with E-state index in [1.807, 2.05) is 190 Å². The largest absolute Gasteiger partial charge is 0.480 e. The summed E-state index contributed by atoms with van der Waals surface area (Å²) in [6, 6.07) is 27.9. The second kappa shape index (κ2) is 62.7. The van der Waals surface area contributed by atoms with Crippen LogP contribution in [0.3, 0.4) is 0 Å². The summed E-state index contributed by atoms with van der Waals surface area (Å²) in [6.07, 6.45) is 2.53. The lowest BCUT2D eigenvalue weighted by Crippen LogP contribution is -2.54. The molecule has 2 saturated carbocycles. The Morgan fingerprint density at radius 3 is 0.940 bits per heavy atom. The highest BCUT2D eigenvalue weighted by molar-refractivity contribution is 7.16. The van der Waals surface area contributed by atoms with E-state index in [4.69, 9.17) is 33.9 Å². The summed E-state index contributed by atoms with van der Waals surface area (Å²) in [6.45, 7) is 40.8. The van der Waals surface area contributed by atoms with Gasteiger partial charge in [0.25, 0.3) is 0 Å². The monoisotopic (exact) mass is 2140 g/mol. The number of aliphatic hydroxyl groups excluding tert-OH is 2. The molecule has 0 aliphatic heterocycles. The molecular weight excluding hydrogens is 1980 g/mol. The number of alkyl carbamates (subject to hydrolysis) is 3. The number of hydrogen-bond acceptors (Lipinski definition) is 25. The van der Waals surface area contributed by atoms with Crippen molar-refractivity contribution < 1.29 is 111 Å². The summed E-state index contributed by atoms with van der Waals surface area (Å²) >= 11 is 3.54. The van der Waals surface area contributed by atoms with Crippen LogP contribution in [0.25, 0.3) is 0 Å². The normalized spacial score (nSPS) is 15.6. The number of carboxylic acid groups (broad SMARTS) is 2. The fourth-order valence-corrected chi connectivity index (χ4v) is 17.5. The van der Waals surface area contributed by atoms with Crippen LogP contribution >= 0.6 is 34.0 Å². The molecule has 2 aliphatic carbocycles. The fourth-order valence-electron chi connectivity index (χ4n) is 14.8. The number of methoxy groups -OCH3 is 2. The molecule has 8 atom stereocenters. The Bertz CT molecular complexity index is 5510. The number of rotatable bonds is 32. The van der Waals surface area contributed by atoms with Crippen LogP contribution < -0.4 is 31.1 Å².